The highest BCUT2D eigenvalue weighted by Crippen LogP contribution is 2.30. The molecule has 2 N–H and O–H groups in total. The van der Waals surface area contributed by atoms with Gasteiger partial charge in [-0.3, -0.25) is 0 Å². The average molecular weight is 280 g/mol. The molecule has 0 unspecified atom stereocenters. The number of nitrogens with zero attached hydrogens (tertiary/aromatic N) is 1. The fraction of sp³-hybridized carbons (Fsp3) is 0.368. The maximum absolute atomic E-state index is 5.83. The van der Waals surface area contributed by atoms with Crippen molar-refractivity contribution in [2.75, 3.05) is 13.6 Å². The van der Waals surface area contributed by atoms with Crippen LogP contribution in [0.2, 0.25) is 0 Å². The van der Waals surface area contributed by atoms with Crippen LogP contribution in [-0.2, 0) is 13.1 Å². The van der Waals surface area contributed by atoms with E-state index < -0.39 is 0 Å². The molecule has 0 amide bonds. The molecule has 1 fully saturated rings. The third-order valence-corrected chi connectivity index (χ3v) is 4.22. The fourth-order valence-corrected chi connectivity index (χ4v) is 2.89. The largest absolute Gasteiger partial charge is 0.326 e. The molecular formula is C19H24N2. The average Bonchev–Trinajstić information content (AvgIpc) is 3.32. The first-order valence-electron chi connectivity index (χ1n) is 7.82. The summed E-state index contributed by atoms with van der Waals surface area (Å²) in [7, 11) is 2.22. The molecule has 2 aromatic carbocycles. The Hall–Kier alpha value is -1.64. The maximum atomic E-state index is 5.83. The van der Waals surface area contributed by atoms with Crippen molar-refractivity contribution in [2.24, 2.45) is 11.7 Å². The minimum Gasteiger partial charge on any atom is -0.326 e. The van der Waals surface area contributed by atoms with Crippen molar-refractivity contribution in [1.82, 2.24) is 4.90 Å². The molecule has 1 saturated carbocycles. The predicted octanol–water partition coefficient (Wildman–Crippen LogP) is 3.65. The minimum atomic E-state index is 0.585. The second kappa shape index (κ2) is 6.42. The van der Waals surface area contributed by atoms with Gasteiger partial charge in [-0.25, -0.2) is 0 Å². The molecule has 2 aromatic rings. The zero-order chi connectivity index (χ0) is 14.7. The molecule has 3 rings (SSSR count). The van der Waals surface area contributed by atoms with E-state index in [4.69, 9.17) is 5.73 Å². The van der Waals surface area contributed by atoms with Gasteiger partial charge in [-0.05, 0) is 48.1 Å². The Kier molecular flexibility index (Phi) is 4.37. The van der Waals surface area contributed by atoms with Crippen molar-refractivity contribution in [2.45, 2.75) is 25.9 Å². The Bertz CT molecular complexity index is 585. The second-order valence-corrected chi connectivity index (χ2v) is 6.20. The molecule has 0 bridgehead atoms. The van der Waals surface area contributed by atoms with Crippen LogP contribution in [0, 0.1) is 5.92 Å². The van der Waals surface area contributed by atoms with Crippen LogP contribution >= 0.6 is 0 Å². The molecule has 21 heavy (non-hydrogen) atoms. The number of benzene rings is 2. The molecule has 0 radical (unpaired) electrons. The molecule has 2 nitrogen and oxygen atoms in total. The topological polar surface area (TPSA) is 29.3 Å². The quantitative estimate of drug-likeness (QED) is 0.875. The summed E-state index contributed by atoms with van der Waals surface area (Å²) in [6.45, 7) is 2.86. The van der Waals surface area contributed by atoms with E-state index in [1.165, 1.54) is 41.6 Å². The lowest BCUT2D eigenvalue weighted by Crippen LogP contribution is -2.20. The molecular weight excluding hydrogens is 256 g/mol. The van der Waals surface area contributed by atoms with Crippen LogP contribution in [0.15, 0.2) is 48.5 Å². The van der Waals surface area contributed by atoms with Crippen LogP contribution < -0.4 is 5.73 Å². The highest BCUT2D eigenvalue weighted by molar-refractivity contribution is 5.67. The van der Waals surface area contributed by atoms with E-state index in [1.54, 1.807) is 0 Å². The summed E-state index contributed by atoms with van der Waals surface area (Å²) in [5.74, 6) is 0.950. The normalized spacial score (nSPS) is 14.6. The number of nitrogens with two attached hydrogens (primary N) is 1. The van der Waals surface area contributed by atoms with Crippen LogP contribution in [0.1, 0.15) is 24.0 Å². The van der Waals surface area contributed by atoms with E-state index >= 15 is 0 Å². The Morgan fingerprint density at radius 1 is 1.05 bits per heavy atom. The Labute approximate surface area is 127 Å². The number of hydrogen-bond donors (Lipinski definition) is 1. The molecule has 1 aliphatic rings. The summed E-state index contributed by atoms with van der Waals surface area (Å²) in [5.41, 5.74) is 10.9. The first kappa shape index (κ1) is 14.3. The Morgan fingerprint density at radius 3 is 2.43 bits per heavy atom. The van der Waals surface area contributed by atoms with E-state index in [2.05, 4.69) is 54.4 Å². The van der Waals surface area contributed by atoms with E-state index in [1.807, 2.05) is 6.07 Å². The molecule has 0 aromatic heterocycles. The summed E-state index contributed by atoms with van der Waals surface area (Å²) < 4.78 is 0. The molecule has 0 spiro atoms. The van der Waals surface area contributed by atoms with Gasteiger partial charge >= 0.3 is 0 Å². The van der Waals surface area contributed by atoms with E-state index in [9.17, 15) is 0 Å². The molecule has 110 valence electrons. The fourth-order valence-electron chi connectivity index (χ4n) is 2.89. The summed E-state index contributed by atoms with van der Waals surface area (Å²) in [6.07, 6.45) is 2.83. The van der Waals surface area contributed by atoms with Crippen molar-refractivity contribution in [3.8, 4) is 11.1 Å². The number of hydrogen-bond acceptors (Lipinski definition) is 2. The van der Waals surface area contributed by atoms with Crippen molar-refractivity contribution in [1.29, 1.82) is 0 Å². The molecule has 2 heteroatoms. The lowest BCUT2D eigenvalue weighted by Gasteiger charge is -2.16. The van der Waals surface area contributed by atoms with Gasteiger partial charge in [0.25, 0.3) is 0 Å². The van der Waals surface area contributed by atoms with Gasteiger partial charge in [-0.1, -0.05) is 48.5 Å². The lowest BCUT2D eigenvalue weighted by atomic mass is 9.98. The van der Waals surface area contributed by atoms with Gasteiger partial charge in [0.2, 0.25) is 0 Å². The second-order valence-electron chi connectivity index (χ2n) is 6.20. The van der Waals surface area contributed by atoms with Crippen LogP contribution in [0.5, 0.6) is 0 Å². The minimum absolute atomic E-state index is 0.585. The molecule has 1 aliphatic carbocycles. The molecule has 0 saturated heterocycles. The number of rotatable bonds is 6. The first-order chi connectivity index (χ1) is 10.3. The third kappa shape index (κ3) is 3.72. The van der Waals surface area contributed by atoms with E-state index in [-0.39, 0.29) is 0 Å². The highest BCUT2D eigenvalue weighted by atomic mass is 15.1. The van der Waals surface area contributed by atoms with Crippen molar-refractivity contribution in [3.63, 3.8) is 0 Å². The lowest BCUT2D eigenvalue weighted by molar-refractivity contribution is 0.313. The van der Waals surface area contributed by atoms with Gasteiger partial charge in [0.1, 0.15) is 0 Å². The SMILES string of the molecule is CN(Cc1ccc(-c2ccccc2CN)cc1)CC1CC1. The smallest absolute Gasteiger partial charge is 0.0230 e. The van der Waals surface area contributed by atoms with E-state index in [0.717, 1.165) is 12.5 Å². The Morgan fingerprint density at radius 2 is 1.76 bits per heavy atom. The van der Waals surface area contributed by atoms with Crippen LogP contribution in [-0.4, -0.2) is 18.5 Å². The first-order valence-corrected chi connectivity index (χ1v) is 7.82. The summed E-state index contributed by atoms with van der Waals surface area (Å²) in [6, 6.07) is 17.3. The zero-order valence-corrected chi connectivity index (χ0v) is 12.8. The molecule has 0 aliphatic heterocycles. The summed E-state index contributed by atoms with van der Waals surface area (Å²) in [5, 5.41) is 0. The van der Waals surface area contributed by atoms with Gasteiger partial charge in [0.15, 0.2) is 0 Å². The third-order valence-electron chi connectivity index (χ3n) is 4.22. The maximum Gasteiger partial charge on any atom is 0.0230 e. The van der Waals surface area contributed by atoms with Crippen LogP contribution in [0.25, 0.3) is 11.1 Å². The Balaban J connectivity index is 1.71. The van der Waals surface area contributed by atoms with Gasteiger partial charge in [0.05, 0.1) is 0 Å². The van der Waals surface area contributed by atoms with Crippen LogP contribution in [0.4, 0.5) is 0 Å². The van der Waals surface area contributed by atoms with Gasteiger partial charge in [-0.15, -0.1) is 0 Å². The highest BCUT2D eigenvalue weighted by Gasteiger charge is 2.22. The van der Waals surface area contributed by atoms with Crippen molar-refractivity contribution in [3.05, 3.63) is 59.7 Å². The zero-order valence-electron chi connectivity index (χ0n) is 12.8. The van der Waals surface area contributed by atoms with Crippen molar-refractivity contribution >= 4 is 0 Å². The predicted molar refractivity (Wildman–Crippen MR) is 88.8 cm³/mol. The monoisotopic (exact) mass is 280 g/mol. The standard InChI is InChI=1S/C19H24N2/c1-21(13-15-6-7-15)14-16-8-10-17(11-9-16)19-5-3-2-4-18(19)12-20/h2-5,8-11,15H,6-7,12-14,20H2,1H3. The van der Waals surface area contributed by atoms with Crippen LogP contribution in [0.3, 0.4) is 0 Å². The van der Waals surface area contributed by atoms with Gasteiger partial charge in [0, 0.05) is 19.6 Å². The van der Waals surface area contributed by atoms with Crippen molar-refractivity contribution < 1.29 is 0 Å². The summed E-state index contributed by atoms with van der Waals surface area (Å²) >= 11 is 0. The van der Waals surface area contributed by atoms with E-state index in [0.29, 0.717) is 6.54 Å². The van der Waals surface area contributed by atoms with Gasteiger partial charge < -0.3 is 10.6 Å². The molecule has 0 atom stereocenters. The van der Waals surface area contributed by atoms with Gasteiger partial charge in [-0.2, -0.15) is 0 Å². The molecule has 0 heterocycles. The summed E-state index contributed by atoms with van der Waals surface area (Å²) in [4.78, 5) is 2.43.